The Bertz CT molecular complexity index is 567. The van der Waals surface area contributed by atoms with Crippen LogP contribution in [0.25, 0.3) is 0 Å². The highest BCUT2D eigenvalue weighted by Crippen LogP contribution is 2.30. The van der Waals surface area contributed by atoms with Crippen LogP contribution in [0.3, 0.4) is 0 Å². The fourth-order valence-electron chi connectivity index (χ4n) is 2.25. The molecule has 0 aliphatic heterocycles. The van der Waals surface area contributed by atoms with E-state index in [1.807, 2.05) is 18.2 Å². The van der Waals surface area contributed by atoms with E-state index in [9.17, 15) is 5.11 Å². The fraction of sp³-hybridized carbons (Fsp3) is 0.294. The summed E-state index contributed by atoms with van der Waals surface area (Å²) in [6.07, 6.45) is 2.16. The number of phenolic OH excluding ortho intramolecular Hbond substituents is 1. The van der Waals surface area contributed by atoms with Gasteiger partial charge in [0.2, 0.25) is 0 Å². The van der Waals surface area contributed by atoms with Gasteiger partial charge in [0.05, 0.1) is 7.11 Å². The Kier molecular flexibility index (Phi) is 4.88. The van der Waals surface area contributed by atoms with Crippen LogP contribution in [0.2, 0.25) is 0 Å². The Morgan fingerprint density at radius 1 is 1.05 bits per heavy atom. The van der Waals surface area contributed by atoms with Gasteiger partial charge in [-0.2, -0.15) is 0 Å². The van der Waals surface area contributed by atoms with Gasteiger partial charge in [0.25, 0.3) is 0 Å². The number of benzene rings is 2. The summed E-state index contributed by atoms with van der Waals surface area (Å²) >= 11 is 0. The second-order valence-electron chi connectivity index (χ2n) is 4.73. The Balaban J connectivity index is 2.13. The smallest absolute Gasteiger partial charge is 0.162 e. The van der Waals surface area contributed by atoms with Crippen molar-refractivity contribution >= 4 is 5.69 Å². The van der Waals surface area contributed by atoms with Crippen LogP contribution in [0.4, 0.5) is 5.69 Å². The highest BCUT2D eigenvalue weighted by molar-refractivity contribution is 5.53. The Labute approximate surface area is 120 Å². The number of nitrogens with one attached hydrogen (secondary N) is 1. The normalized spacial score (nSPS) is 10.3. The van der Waals surface area contributed by atoms with E-state index in [4.69, 9.17) is 4.74 Å². The maximum absolute atomic E-state index is 10.1. The highest BCUT2D eigenvalue weighted by Gasteiger charge is 2.07. The first-order chi connectivity index (χ1) is 9.76. The number of ether oxygens (including phenoxy) is 1. The average Bonchev–Trinajstić information content (AvgIpc) is 2.48. The maximum atomic E-state index is 10.1. The van der Waals surface area contributed by atoms with Crippen molar-refractivity contribution in [2.75, 3.05) is 12.4 Å². The van der Waals surface area contributed by atoms with Crippen molar-refractivity contribution < 1.29 is 9.84 Å². The zero-order chi connectivity index (χ0) is 14.4. The van der Waals surface area contributed by atoms with Gasteiger partial charge < -0.3 is 15.2 Å². The lowest BCUT2D eigenvalue weighted by Crippen LogP contribution is -2.03. The highest BCUT2D eigenvalue weighted by atomic mass is 16.5. The van der Waals surface area contributed by atoms with Gasteiger partial charge in [-0.15, -0.1) is 0 Å². The molecule has 0 amide bonds. The van der Waals surface area contributed by atoms with Gasteiger partial charge in [0, 0.05) is 17.8 Å². The van der Waals surface area contributed by atoms with E-state index in [1.54, 1.807) is 13.2 Å². The first-order valence-electron chi connectivity index (χ1n) is 6.93. The van der Waals surface area contributed by atoms with E-state index >= 15 is 0 Å². The number of rotatable bonds is 6. The van der Waals surface area contributed by atoms with Crippen LogP contribution in [0.1, 0.15) is 24.5 Å². The van der Waals surface area contributed by atoms with Crippen LogP contribution in [0, 0.1) is 0 Å². The Hall–Kier alpha value is -2.16. The average molecular weight is 271 g/mol. The lowest BCUT2D eigenvalue weighted by Gasteiger charge is -2.13. The molecule has 2 aromatic rings. The molecule has 0 bridgehead atoms. The van der Waals surface area contributed by atoms with E-state index in [-0.39, 0.29) is 5.75 Å². The first-order valence-corrected chi connectivity index (χ1v) is 6.93. The number of anilines is 1. The fourth-order valence-corrected chi connectivity index (χ4v) is 2.25. The van der Waals surface area contributed by atoms with Crippen molar-refractivity contribution in [3.8, 4) is 11.5 Å². The van der Waals surface area contributed by atoms with E-state index in [0.717, 1.165) is 24.1 Å². The van der Waals surface area contributed by atoms with E-state index in [0.29, 0.717) is 12.3 Å². The van der Waals surface area contributed by atoms with Crippen LogP contribution in [0.15, 0.2) is 42.5 Å². The van der Waals surface area contributed by atoms with Crippen LogP contribution in [-0.2, 0) is 13.0 Å². The molecule has 3 heteroatoms. The van der Waals surface area contributed by atoms with Gasteiger partial charge in [-0.05, 0) is 24.1 Å². The molecule has 0 unspecified atom stereocenters. The molecule has 2 rings (SSSR count). The summed E-state index contributed by atoms with van der Waals surface area (Å²) in [5, 5.41) is 13.5. The third-order valence-electron chi connectivity index (χ3n) is 3.31. The SMILES string of the molecule is CCCc1ccccc1NCc1cccc(OC)c1O. The van der Waals surface area contributed by atoms with Gasteiger partial charge in [-0.3, -0.25) is 0 Å². The minimum absolute atomic E-state index is 0.204. The Morgan fingerprint density at radius 3 is 2.55 bits per heavy atom. The van der Waals surface area contributed by atoms with Crippen molar-refractivity contribution in [2.45, 2.75) is 26.3 Å². The van der Waals surface area contributed by atoms with Crippen LogP contribution in [0.5, 0.6) is 11.5 Å². The third-order valence-corrected chi connectivity index (χ3v) is 3.31. The summed E-state index contributed by atoms with van der Waals surface area (Å²) in [5.41, 5.74) is 3.25. The standard InChI is InChI=1S/C17H21NO2/c1-3-7-13-8-4-5-10-15(13)18-12-14-9-6-11-16(20-2)17(14)19/h4-6,8-11,18-19H,3,7,12H2,1-2H3. The van der Waals surface area contributed by atoms with Gasteiger partial charge in [-0.1, -0.05) is 43.7 Å². The van der Waals surface area contributed by atoms with E-state index < -0.39 is 0 Å². The van der Waals surface area contributed by atoms with Crippen molar-refractivity contribution in [2.24, 2.45) is 0 Å². The van der Waals surface area contributed by atoms with Crippen molar-refractivity contribution in [1.82, 2.24) is 0 Å². The number of para-hydroxylation sites is 2. The summed E-state index contributed by atoms with van der Waals surface area (Å²) < 4.78 is 5.12. The zero-order valence-electron chi connectivity index (χ0n) is 12.0. The predicted octanol–water partition coefficient (Wildman–Crippen LogP) is 3.97. The van der Waals surface area contributed by atoms with Crippen molar-refractivity contribution in [3.63, 3.8) is 0 Å². The number of aromatic hydroxyl groups is 1. The largest absolute Gasteiger partial charge is 0.504 e. The summed E-state index contributed by atoms with van der Waals surface area (Å²) in [4.78, 5) is 0. The van der Waals surface area contributed by atoms with Gasteiger partial charge in [-0.25, -0.2) is 0 Å². The molecule has 0 fully saturated rings. The van der Waals surface area contributed by atoms with Crippen LogP contribution < -0.4 is 10.1 Å². The molecule has 2 N–H and O–H groups in total. The molecule has 20 heavy (non-hydrogen) atoms. The van der Waals surface area contributed by atoms with Gasteiger partial charge in [0.15, 0.2) is 11.5 Å². The molecular weight excluding hydrogens is 250 g/mol. The molecular formula is C17H21NO2. The molecule has 0 saturated carbocycles. The molecule has 106 valence electrons. The Morgan fingerprint density at radius 2 is 1.80 bits per heavy atom. The van der Waals surface area contributed by atoms with E-state index in [1.165, 1.54) is 5.56 Å². The molecule has 0 aromatic heterocycles. The molecule has 0 aliphatic carbocycles. The molecule has 3 nitrogen and oxygen atoms in total. The number of hydrogen-bond acceptors (Lipinski definition) is 3. The monoisotopic (exact) mass is 271 g/mol. The minimum atomic E-state index is 0.204. The third kappa shape index (κ3) is 3.23. The molecule has 0 saturated heterocycles. The number of aryl methyl sites for hydroxylation is 1. The maximum Gasteiger partial charge on any atom is 0.162 e. The summed E-state index contributed by atoms with van der Waals surface area (Å²) in [6.45, 7) is 2.74. The first kappa shape index (κ1) is 14.3. The molecule has 2 aromatic carbocycles. The number of phenols is 1. The van der Waals surface area contributed by atoms with Crippen molar-refractivity contribution in [1.29, 1.82) is 0 Å². The molecule has 0 heterocycles. The summed E-state index contributed by atoms with van der Waals surface area (Å²) in [7, 11) is 1.56. The topological polar surface area (TPSA) is 41.5 Å². The molecule has 0 spiro atoms. The van der Waals surface area contributed by atoms with Crippen LogP contribution in [-0.4, -0.2) is 12.2 Å². The zero-order valence-corrected chi connectivity index (χ0v) is 12.0. The molecule has 0 radical (unpaired) electrons. The minimum Gasteiger partial charge on any atom is -0.504 e. The number of methoxy groups -OCH3 is 1. The van der Waals surface area contributed by atoms with E-state index in [2.05, 4.69) is 30.4 Å². The predicted molar refractivity (Wildman–Crippen MR) is 82.4 cm³/mol. The second kappa shape index (κ2) is 6.85. The molecule has 0 aliphatic rings. The summed E-state index contributed by atoms with van der Waals surface area (Å²) in [6, 6.07) is 13.8. The lowest BCUT2D eigenvalue weighted by molar-refractivity contribution is 0.371. The summed E-state index contributed by atoms with van der Waals surface area (Å²) in [5.74, 6) is 0.710. The van der Waals surface area contributed by atoms with Crippen molar-refractivity contribution in [3.05, 3.63) is 53.6 Å². The lowest BCUT2D eigenvalue weighted by atomic mass is 10.1. The second-order valence-corrected chi connectivity index (χ2v) is 4.73. The molecule has 0 atom stereocenters. The van der Waals surface area contributed by atoms with Crippen LogP contribution >= 0.6 is 0 Å². The van der Waals surface area contributed by atoms with Gasteiger partial charge in [0.1, 0.15) is 0 Å². The quantitative estimate of drug-likeness (QED) is 0.835. The van der Waals surface area contributed by atoms with Gasteiger partial charge >= 0.3 is 0 Å². The number of hydrogen-bond donors (Lipinski definition) is 2.